The van der Waals surface area contributed by atoms with Gasteiger partial charge in [-0.2, -0.15) is 0 Å². The maximum atomic E-state index is 12.9. The molecule has 0 aliphatic carbocycles. The number of piperidine rings is 1. The highest BCUT2D eigenvalue weighted by molar-refractivity contribution is 5.33. The van der Waals surface area contributed by atoms with Crippen LogP contribution in [0.25, 0.3) is 5.69 Å². The molecular formula is C18H25N3O. The Hall–Kier alpha value is -1.81. The molecule has 0 unspecified atom stereocenters. The lowest BCUT2D eigenvalue weighted by atomic mass is 10.00. The Labute approximate surface area is 132 Å². The summed E-state index contributed by atoms with van der Waals surface area (Å²) in [5.41, 5.74) is 3.04. The minimum Gasteiger partial charge on any atom is -0.299 e. The van der Waals surface area contributed by atoms with E-state index in [9.17, 15) is 4.79 Å². The highest BCUT2D eigenvalue weighted by atomic mass is 16.1. The van der Waals surface area contributed by atoms with Crippen molar-refractivity contribution in [2.75, 3.05) is 13.1 Å². The Morgan fingerprint density at radius 3 is 2.64 bits per heavy atom. The van der Waals surface area contributed by atoms with Gasteiger partial charge >= 0.3 is 0 Å². The van der Waals surface area contributed by atoms with Crippen LogP contribution in [0.5, 0.6) is 0 Å². The first-order valence-electron chi connectivity index (χ1n) is 8.13. The van der Waals surface area contributed by atoms with Crippen LogP contribution in [-0.2, 0) is 13.6 Å². The van der Waals surface area contributed by atoms with Crippen LogP contribution in [0.15, 0.2) is 35.1 Å². The molecule has 4 nitrogen and oxygen atoms in total. The van der Waals surface area contributed by atoms with Gasteiger partial charge in [0.15, 0.2) is 0 Å². The van der Waals surface area contributed by atoms with Gasteiger partial charge in [0.05, 0.1) is 11.3 Å². The van der Waals surface area contributed by atoms with E-state index in [0.717, 1.165) is 42.5 Å². The second kappa shape index (κ2) is 6.13. The van der Waals surface area contributed by atoms with Gasteiger partial charge in [0, 0.05) is 25.8 Å². The van der Waals surface area contributed by atoms with Gasteiger partial charge in [-0.3, -0.25) is 14.4 Å². The lowest BCUT2D eigenvalue weighted by molar-refractivity contribution is 0.176. The van der Waals surface area contributed by atoms with E-state index in [-0.39, 0.29) is 5.56 Å². The van der Waals surface area contributed by atoms with E-state index >= 15 is 0 Å². The molecule has 0 spiro atoms. The molecule has 4 heteroatoms. The van der Waals surface area contributed by atoms with Gasteiger partial charge in [-0.15, -0.1) is 0 Å². The predicted octanol–water partition coefficient (Wildman–Crippen LogP) is 2.72. The normalized spacial score (nSPS) is 19.5. The van der Waals surface area contributed by atoms with Gasteiger partial charge in [0.1, 0.15) is 0 Å². The van der Waals surface area contributed by atoms with Crippen molar-refractivity contribution in [3.63, 3.8) is 0 Å². The number of benzene rings is 1. The van der Waals surface area contributed by atoms with Crippen molar-refractivity contribution in [2.24, 2.45) is 13.0 Å². The zero-order valence-corrected chi connectivity index (χ0v) is 13.7. The number of hydrogen-bond acceptors (Lipinski definition) is 2. The van der Waals surface area contributed by atoms with Crippen LogP contribution >= 0.6 is 0 Å². The highest BCUT2D eigenvalue weighted by Crippen LogP contribution is 2.18. The van der Waals surface area contributed by atoms with Crippen LogP contribution in [0, 0.1) is 12.8 Å². The molecule has 22 heavy (non-hydrogen) atoms. The van der Waals surface area contributed by atoms with E-state index in [2.05, 4.69) is 11.8 Å². The molecule has 1 aromatic carbocycles. The maximum absolute atomic E-state index is 12.9. The van der Waals surface area contributed by atoms with E-state index in [4.69, 9.17) is 0 Å². The van der Waals surface area contributed by atoms with Gasteiger partial charge < -0.3 is 0 Å². The number of hydrogen-bond donors (Lipinski definition) is 0. The third-order valence-electron chi connectivity index (χ3n) is 4.80. The first kappa shape index (κ1) is 15.1. The van der Waals surface area contributed by atoms with Crippen molar-refractivity contribution in [3.05, 3.63) is 51.9 Å². The van der Waals surface area contributed by atoms with Crippen LogP contribution in [0.1, 0.15) is 31.0 Å². The Kier molecular flexibility index (Phi) is 4.21. The van der Waals surface area contributed by atoms with Crippen molar-refractivity contribution in [1.82, 2.24) is 14.3 Å². The Bertz CT molecular complexity index is 699. The fourth-order valence-electron chi connectivity index (χ4n) is 3.46. The first-order chi connectivity index (χ1) is 10.6. The maximum Gasteiger partial charge on any atom is 0.276 e. The summed E-state index contributed by atoms with van der Waals surface area (Å²) in [6.07, 6.45) is 2.54. The monoisotopic (exact) mass is 299 g/mol. The average molecular weight is 299 g/mol. The summed E-state index contributed by atoms with van der Waals surface area (Å²) in [4.78, 5) is 15.3. The van der Waals surface area contributed by atoms with E-state index in [0.29, 0.717) is 0 Å². The Morgan fingerprint density at radius 1 is 1.23 bits per heavy atom. The molecular weight excluding hydrogens is 274 g/mol. The van der Waals surface area contributed by atoms with Crippen LogP contribution in [0.4, 0.5) is 0 Å². The van der Waals surface area contributed by atoms with Crippen LogP contribution in [0.2, 0.25) is 0 Å². The Morgan fingerprint density at radius 2 is 1.95 bits per heavy atom. The summed E-state index contributed by atoms with van der Waals surface area (Å²) in [6.45, 7) is 7.31. The first-order valence-corrected chi connectivity index (χ1v) is 8.13. The summed E-state index contributed by atoms with van der Waals surface area (Å²) in [7, 11) is 1.96. The zero-order chi connectivity index (χ0) is 15.7. The fraction of sp³-hybridized carbons (Fsp3) is 0.500. The molecule has 1 aliphatic rings. The topological polar surface area (TPSA) is 30.2 Å². The second-order valence-corrected chi connectivity index (χ2v) is 6.52. The van der Waals surface area contributed by atoms with E-state index in [1.54, 1.807) is 4.68 Å². The molecule has 0 amide bonds. The molecule has 2 heterocycles. The number of rotatable bonds is 3. The smallest absolute Gasteiger partial charge is 0.276 e. The summed E-state index contributed by atoms with van der Waals surface area (Å²) in [5.74, 6) is 0.731. The number of nitrogens with zero attached hydrogens (tertiary/aromatic N) is 3. The lowest BCUT2D eigenvalue weighted by Crippen LogP contribution is -2.35. The molecule has 0 N–H and O–H groups in total. The molecule has 0 saturated carbocycles. The van der Waals surface area contributed by atoms with Crippen LogP contribution in [0.3, 0.4) is 0 Å². The average Bonchev–Trinajstić information content (AvgIpc) is 2.72. The van der Waals surface area contributed by atoms with Crippen LogP contribution in [-0.4, -0.2) is 27.4 Å². The van der Waals surface area contributed by atoms with Crippen molar-refractivity contribution in [3.8, 4) is 5.69 Å². The number of likely N-dealkylation sites (tertiary alicyclic amines) is 1. The molecule has 3 rings (SSSR count). The quantitative estimate of drug-likeness (QED) is 0.872. The molecule has 1 atom stereocenters. The van der Waals surface area contributed by atoms with Gasteiger partial charge in [-0.1, -0.05) is 25.1 Å². The summed E-state index contributed by atoms with van der Waals surface area (Å²) < 4.78 is 3.75. The standard InChI is InChI=1S/C18H25N3O/c1-14-8-7-11-20(12-14)13-17-15(2)19(3)21(18(17)22)16-9-5-4-6-10-16/h4-6,9-10,14H,7-8,11-13H2,1-3H3/t14-/m0/s1. The van der Waals surface area contributed by atoms with Gasteiger partial charge in [-0.25, -0.2) is 4.68 Å². The van der Waals surface area contributed by atoms with Gasteiger partial charge in [0.25, 0.3) is 5.56 Å². The van der Waals surface area contributed by atoms with Crippen molar-refractivity contribution >= 4 is 0 Å². The van der Waals surface area contributed by atoms with E-state index in [1.807, 2.05) is 49.0 Å². The zero-order valence-electron chi connectivity index (χ0n) is 13.7. The Balaban J connectivity index is 1.94. The van der Waals surface area contributed by atoms with Gasteiger partial charge in [0.2, 0.25) is 0 Å². The summed E-state index contributed by atoms with van der Waals surface area (Å²) in [6, 6.07) is 9.87. The third-order valence-corrected chi connectivity index (χ3v) is 4.80. The third kappa shape index (κ3) is 2.75. The molecule has 2 aromatic rings. The fourth-order valence-corrected chi connectivity index (χ4v) is 3.46. The SMILES string of the molecule is Cc1c(CN2CCC[C@H](C)C2)c(=O)n(-c2ccccc2)n1C. The molecule has 0 radical (unpaired) electrons. The molecule has 0 bridgehead atoms. The van der Waals surface area contributed by atoms with Crippen LogP contribution < -0.4 is 5.56 Å². The minimum atomic E-state index is 0.115. The lowest BCUT2D eigenvalue weighted by Gasteiger charge is -2.30. The van der Waals surface area contributed by atoms with Crippen molar-refractivity contribution < 1.29 is 0 Å². The molecule has 1 saturated heterocycles. The predicted molar refractivity (Wildman–Crippen MR) is 89.4 cm³/mol. The largest absolute Gasteiger partial charge is 0.299 e. The minimum absolute atomic E-state index is 0.115. The summed E-state index contributed by atoms with van der Waals surface area (Å²) in [5, 5.41) is 0. The van der Waals surface area contributed by atoms with Crippen molar-refractivity contribution in [1.29, 1.82) is 0 Å². The highest BCUT2D eigenvalue weighted by Gasteiger charge is 2.21. The molecule has 118 valence electrons. The molecule has 1 aromatic heterocycles. The molecule has 1 aliphatic heterocycles. The summed E-state index contributed by atoms with van der Waals surface area (Å²) >= 11 is 0. The number of aromatic nitrogens is 2. The van der Waals surface area contributed by atoms with E-state index in [1.165, 1.54) is 12.8 Å². The van der Waals surface area contributed by atoms with E-state index < -0.39 is 0 Å². The second-order valence-electron chi connectivity index (χ2n) is 6.52. The molecule has 1 fully saturated rings. The number of para-hydroxylation sites is 1. The van der Waals surface area contributed by atoms with Gasteiger partial charge in [-0.05, 0) is 44.4 Å². The van der Waals surface area contributed by atoms with Crippen molar-refractivity contribution in [2.45, 2.75) is 33.2 Å².